The summed E-state index contributed by atoms with van der Waals surface area (Å²) in [6.07, 6.45) is 1.77. The van der Waals surface area contributed by atoms with E-state index in [9.17, 15) is 22.7 Å². The maximum absolute atomic E-state index is 11.4. The molecule has 1 atom stereocenters. The number of rotatable bonds is 4. The van der Waals surface area contributed by atoms with Gasteiger partial charge < -0.3 is 0 Å². The number of thiazole rings is 1. The van der Waals surface area contributed by atoms with Crippen molar-refractivity contribution < 1.29 is 26.7 Å². The Hall–Kier alpha value is -2.82. The first-order valence-electron chi connectivity index (χ1n) is 7.82. The molecule has 1 unspecified atom stereocenters. The van der Waals surface area contributed by atoms with Crippen LogP contribution in [0.1, 0.15) is 6.92 Å². The molecule has 0 saturated carbocycles. The number of aromatic nitrogens is 1. The quantitative estimate of drug-likeness (QED) is 0.222. The number of nitro benzene ring substituents is 1. The molecule has 10 nitrogen and oxygen atoms in total. The first-order chi connectivity index (χ1) is 13.8. The minimum atomic E-state index is -4.92. The summed E-state index contributed by atoms with van der Waals surface area (Å²) in [6.45, 7) is 1.27. The van der Waals surface area contributed by atoms with E-state index < -0.39 is 19.1 Å². The molecule has 0 spiro atoms. The largest absolute Gasteiger partial charge is 0.269 e. The molecule has 0 saturated heterocycles. The van der Waals surface area contributed by atoms with Gasteiger partial charge in [0.15, 0.2) is 0 Å². The summed E-state index contributed by atoms with van der Waals surface area (Å²) < 4.78 is 24.1. The van der Waals surface area contributed by atoms with Gasteiger partial charge in [0.2, 0.25) is 0 Å². The van der Waals surface area contributed by atoms with Crippen molar-refractivity contribution in [2.75, 3.05) is 5.32 Å². The number of amides is 1. The molecule has 3 aromatic rings. The van der Waals surface area contributed by atoms with E-state index in [1.807, 2.05) is 5.38 Å². The SMILES string of the molecule is CC(=O)Nc1ccccc1[As](=O)(O)OO.O=[N+]([O-])c1ccccc1.c1cscn1. The van der Waals surface area contributed by atoms with Crippen LogP contribution in [-0.2, 0) is 12.4 Å². The number of non-ortho nitro benzene ring substituents is 1. The fourth-order valence-corrected chi connectivity index (χ4v) is 3.81. The predicted octanol–water partition coefficient (Wildman–Crippen LogP) is 2.44. The molecule has 3 N–H and O–H groups in total. The van der Waals surface area contributed by atoms with Crippen molar-refractivity contribution >= 4 is 47.1 Å². The Morgan fingerprint density at radius 1 is 1.21 bits per heavy atom. The Morgan fingerprint density at radius 3 is 2.24 bits per heavy atom. The van der Waals surface area contributed by atoms with Crippen LogP contribution in [0.25, 0.3) is 0 Å². The number of carbonyl (C=O) groups excluding carboxylic acids is 1. The third kappa shape index (κ3) is 9.28. The van der Waals surface area contributed by atoms with Crippen LogP contribution in [0, 0.1) is 10.1 Å². The number of nitro groups is 1. The summed E-state index contributed by atoms with van der Waals surface area (Å²) in [5, 5.41) is 22.6. The molecule has 154 valence electrons. The van der Waals surface area contributed by atoms with E-state index in [0.717, 1.165) is 0 Å². The van der Waals surface area contributed by atoms with Gasteiger partial charge in [-0.05, 0) is 0 Å². The molecule has 0 bridgehead atoms. The first-order valence-corrected chi connectivity index (χ1v) is 12.1. The van der Waals surface area contributed by atoms with Gasteiger partial charge in [0.1, 0.15) is 0 Å². The van der Waals surface area contributed by atoms with E-state index in [2.05, 4.69) is 14.2 Å². The molecular weight excluding hydrogens is 465 g/mol. The number of para-hydroxylation sites is 2. The summed E-state index contributed by atoms with van der Waals surface area (Å²) >= 11 is -3.32. The van der Waals surface area contributed by atoms with Crippen LogP contribution >= 0.6 is 11.3 Å². The summed E-state index contributed by atoms with van der Waals surface area (Å²) in [5.41, 5.74) is 2.08. The molecular formula is C17H18AsN3O7S. The maximum Gasteiger partial charge on any atom is 0.269 e. The van der Waals surface area contributed by atoms with Crippen LogP contribution in [0.2, 0.25) is 0 Å². The van der Waals surface area contributed by atoms with Crippen LogP contribution in [-0.4, -0.2) is 39.3 Å². The Labute approximate surface area is 172 Å². The zero-order chi connectivity index (χ0) is 21.7. The topological polar surface area (TPSA) is 152 Å². The van der Waals surface area contributed by atoms with Crippen LogP contribution < -0.4 is 9.67 Å². The molecule has 1 aromatic heterocycles. The van der Waals surface area contributed by atoms with Gasteiger partial charge >= 0.3 is 88.4 Å². The van der Waals surface area contributed by atoms with Crippen LogP contribution in [0.15, 0.2) is 71.7 Å². The van der Waals surface area contributed by atoms with Gasteiger partial charge in [0, 0.05) is 23.7 Å². The Bertz CT molecular complexity index is 922. The Balaban J connectivity index is 0.000000251. The molecule has 0 fully saturated rings. The average molecular weight is 483 g/mol. The van der Waals surface area contributed by atoms with Crippen LogP contribution in [0.3, 0.4) is 0 Å². The van der Waals surface area contributed by atoms with Crippen LogP contribution in [0.4, 0.5) is 11.4 Å². The maximum atomic E-state index is 11.4. The number of benzene rings is 2. The van der Waals surface area contributed by atoms with Crippen molar-refractivity contribution in [2.24, 2.45) is 0 Å². The standard InChI is InChI=1S/C8H10AsNO5.C6H5NO2.C3H3NS/c1-6(11)10-8-5-3-2-4-7(8)9(12,13)15-14;8-7(9)6-4-2-1-3-5-6;1-2-5-3-4-1/h2-5,14H,1H3,(H,10,11)(H,12,13);1-5H;1-3H. The van der Waals surface area contributed by atoms with E-state index in [1.54, 1.807) is 47.3 Å². The molecule has 0 aliphatic carbocycles. The monoisotopic (exact) mass is 483 g/mol. The third-order valence-electron chi connectivity index (χ3n) is 2.94. The Kier molecular flexibility index (Phi) is 10.5. The summed E-state index contributed by atoms with van der Waals surface area (Å²) in [4.78, 5) is 24.1. The van der Waals surface area contributed by atoms with Gasteiger partial charge in [0.25, 0.3) is 5.69 Å². The van der Waals surface area contributed by atoms with E-state index in [1.165, 1.54) is 37.3 Å². The average Bonchev–Trinajstić information content (AvgIpc) is 3.29. The molecule has 3 rings (SSSR count). The molecule has 2 aromatic carbocycles. The number of nitrogens with zero attached hydrogens (tertiary/aromatic N) is 2. The van der Waals surface area contributed by atoms with Gasteiger partial charge in [0.05, 0.1) is 10.4 Å². The molecule has 1 amide bonds. The van der Waals surface area contributed by atoms with E-state index in [4.69, 9.17) is 5.26 Å². The van der Waals surface area contributed by atoms with Gasteiger partial charge in [-0.15, -0.1) is 11.3 Å². The van der Waals surface area contributed by atoms with Crippen molar-refractivity contribution in [1.29, 1.82) is 0 Å². The first kappa shape index (κ1) is 24.2. The molecule has 1 heterocycles. The number of nitrogens with one attached hydrogen (secondary N) is 1. The molecule has 29 heavy (non-hydrogen) atoms. The van der Waals surface area contributed by atoms with Gasteiger partial charge in [-0.1, -0.05) is 18.2 Å². The second kappa shape index (κ2) is 12.6. The number of hydrogen-bond acceptors (Lipinski definition) is 8. The fraction of sp³-hybridized carbons (Fsp3) is 0.0588. The Morgan fingerprint density at radius 2 is 1.83 bits per heavy atom. The third-order valence-corrected chi connectivity index (χ3v) is 6.03. The zero-order valence-corrected chi connectivity index (χ0v) is 17.8. The summed E-state index contributed by atoms with van der Waals surface area (Å²) in [5.74, 6) is -0.379. The van der Waals surface area contributed by atoms with Gasteiger partial charge in [-0.3, -0.25) is 15.1 Å². The van der Waals surface area contributed by atoms with E-state index in [0.29, 0.717) is 0 Å². The van der Waals surface area contributed by atoms with E-state index in [-0.39, 0.29) is 21.6 Å². The minimum Gasteiger partial charge on any atom is -0.258 e. The summed E-state index contributed by atoms with van der Waals surface area (Å²) in [7, 11) is 0. The van der Waals surface area contributed by atoms with Crippen molar-refractivity contribution in [3.05, 3.63) is 81.8 Å². The van der Waals surface area contributed by atoms with Crippen molar-refractivity contribution in [1.82, 2.24) is 4.98 Å². The molecule has 0 aliphatic heterocycles. The number of hydrogen-bond donors (Lipinski definition) is 3. The fourth-order valence-electron chi connectivity index (χ4n) is 1.78. The van der Waals surface area contributed by atoms with Crippen molar-refractivity contribution in [3.8, 4) is 0 Å². The predicted molar refractivity (Wildman–Crippen MR) is 108 cm³/mol. The normalized spacial score (nSPS) is 11.6. The van der Waals surface area contributed by atoms with Gasteiger partial charge in [-0.2, -0.15) is 0 Å². The van der Waals surface area contributed by atoms with Crippen LogP contribution in [0.5, 0.6) is 0 Å². The second-order valence-corrected chi connectivity index (χ2v) is 9.36. The van der Waals surface area contributed by atoms with Crippen molar-refractivity contribution in [2.45, 2.75) is 6.92 Å². The molecule has 0 radical (unpaired) electrons. The summed E-state index contributed by atoms with van der Waals surface area (Å²) in [6, 6.07) is 13.8. The number of carbonyl (C=O) groups is 1. The van der Waals surface area contributed by atoms with Crippen molar-refractivity contribution in [3.63, 3.8) is 0 Å². The minimum absolute atomic E-state index is 0.103. The van der Waals surface area contributed by atoms with E-state index >= 15 is 0 Å². The second-order valence-electron chi connectivity index (χ2n) is 5.07. The molecule has 0 aliphatic rings. The smallest absolute Gasteiger partial charge is 0.258 e. The van der Waals surface area contributed by atoms with Gasteiger partial charge in [-0.25, -0.2) is 0 Å². The zero-order valence-electron chi connectivity index (χ0n) is 15.1. The molecule has 12 heteroatoms. The number of anilines is 1.